The largest absolute Gasteiger partial charge is 0.493 e. The summed E-state index contributed by atoms with van der Waals surface area (Å²) in [6.07, 6.45) is 0. The van der Waals surface area contributed by atoms with Gasteiger partial charge in [0.05, 0.1) is 26.5 Å². The lowest BCUT2D eigenvalue weighted by Gasteiger charge is -2.11. The van der Waals surface area contributed by atoms with Gasteiger partial charge in [-0.2, -0.15) is 4.68 Å². The quantitative estimate of drug-likeness (QED) is 0.642. The predicted octanol–water partition coefficient (Wildman–Crippen LogP) is 1.82. The van der Waals surface area contributed by atoms with E-state index in [9.17, 15) is 9.18 Å². The average molecular weight is 386 g/mol. The first kappa shape index (κ1) is 19.1. The zero-order valence-corrected chi connectivity index (χ0v) is 15.3. The molecule has 0 aliphatic carbocycles. The molecule has 0 saturated heterocycles. The van der Waals surface area contributed by atoms with Gasteiger partial charge >= 0.3 is 6.03 Å². The van der Waals surface area contributed by atoms with E-state index in [4.69, 9.17) is 9.47 Å². The summed E-state index contributed by atoms with van der Waals surface area (Å²) < 4.78 is 24.9. The number of aromatic nitrogens is 4. The monoisotopic (exact) mass is 386 g/mol. The summed E-state index contributed by atoms with van der Waals surface area (Å²) in [4.78, 5) is 12.1. The van der Waals surface area contributed by atoms with Crippen LogP contribution in [0.1, 0.15) is 11.4 Å². The Morgan fingerprint density at radius 3 is 2.46 bits per heavy atom. The molecule has 0 unspecified atom stereocenters. The van der Waals surface area contributed by atoms with Crippen LogP contribution in [0.25, 0.3) is 5.69 Å². The molecule has 0 aliphatic heterocycles. The van der Waals surface area contributed by atoms with Crippen LogP contribution < -0.4 is 20.1 Å². The van der Waals surface area contributed by atoms with Crippen molar-refractivity contribution in [2.24, 2.45) is 0 Å². The summed E-state index contributed by atoms with van der Waals surface area (Å²) in [5.41, 5.74) is 1.44. The van der Waals surface area contributed by atoms with Gasteiger partial charge in [0.15, 0.2) is 17.3 Å². The molecule has 2 amide bonds. The molecule has 0 saturated carbocycles. The van der Waals surface area contributed by atoms with Gasteiger partial charge in [0.1, 0.15) is 5.82 Å². The minimum Gasteiger partial charge on any atom is -0.493 e. The number of rotatable bonds is 7. The van der Waals surface area contributed by atoms with Crippen molar-refractivity contribution in [2.75, 3.05) is 14.2 Å². The lowest BCUT2D eigenvalue weighted by molar-refractivity contribution is 0.239. The van der Waals surface area contributed by atoms with E-state index in [1.54, 1.807) is 38.5 Å². The van der Waals surface area contributed by atoms with Crippen molar-refractivity contribution in [1.82, 2.24) is 30.8 Å². The van der Waals surface area contributed by atoms with Gasteiger partial charge in [0.2, 0.25) is 0 Å². The number of nitrogens with zero attached hydrogens (tertiary/aromatic N) is 4. The number of carbonyl (C=O) groups excluding carboxylic acids is 1. The van der Waals surface area contributed by atoms with Crippen molar-refractivity contribution in [3.05, 3.63) is 59.7 Å². The van der Waals surface area contributed by atoms with Crippen LogP contribution in [0.15, 0.2) is 42.5 Å². The highest BCUT2D eigenvalue weighted by atomic mass is 19.1. The second-order valence-electron chi connectivity index (χ2n) is 5.71. The van der Waals surface area contributed by atoms with Crippen LogP contribution in [0.5, 0.6) is 11.5 Å². The van der Waals surface area contributed by atoms with Crippen molar-refractivity contribution in [3.63, 3.8) is 0 Å². The lowest BCUT2D eigenvalue weighted by atomic mass is 10.2. The standard InChI is InChI=1S/C18H19FN6O3/c1-27-15-8-3-12(9-16(15)28-2)10-20-18(26)21-11-17-22-23-24-25(17)14-6-4-13(19)5-7-14/h3-9H,10-11H2,1-2H3,(H2,20,21,26). The number of urea groups is 1. The van der Waals surface area contributed by atoms with Crippen molar-refractivity contribution in [1.29, 1.82) is 0 Å². The Labute approximate surface area is 160 Å². The smallest absolute Gasteiger partial charge is 0.315 e. The third-order valence-electron chi connectivity index (χ3n) is 3.91. The van der Waals surface area contributed by atoms with Gasteiger partial charge in [-0.05, 0) is 52.4 Å². The molecule has 146 valence electrons. The molecule has 0 radical (unpaired) electrons. The Balaban J connectivity index is 1.56. The first-order valence-corrected chi connectivity index (χ1v) is 8.36. The van der Waals surface area contributed by atoms with E-state index in [1.165, 1.54) is 16.8 Å². The molecule has 3 rings (SSSR count). The van der Waals surface area contributed by atoms with Gasteiger partial charge in [-0.3, -0.25) is 0 Å². The van der Waals surface area contributed by atoms with E-state index in [1.807, 2.05) is 6.07 Å². The maximum atomic E-state index is 13.1. The van der Waals surface area contributed by atoms with Crippen LogP contribution >= 0.6 is 0 Å². The normalized spacial score (nSPS) is 10.4. The Kier molecular flexibility index (Phi) is 6.00. The molecule has 0 spiro atoms. The number of hydrogen-bond acceptors (Lipinski definition) is 6. The van der Waals surface area contributed by atoms with Crippen LogP contribution in [0, 0.1) is 5.82 Å². The molecule has 0 bridgehead atoms. The Hall–Kier alpha value is -3.69. The van der Waals surface area contributed by atoms with E-state index in [2.05, 4.69) is 26.2 Å². The molecular weight excluding hydrogens is 367 g/mol. The summed E-state index contributed by atoms with van der Waals surface area (Å²) in [5.74, 6) is 1.25. The second-order valence-corrected chi connectivity index (χ2v) is 5.71. The number of benzene rings is 2. The van der Waals surface area contributed by atoms with Gasteiger partial charge in [-0.1, -0.05) is 6.07 Å². The third kappa shape index (κ3) is 4.53. The van der Waals surface area contributed by atoms with E-state index in [0.717, 1.165) is 5.56 Å². The molecule has 3 aromatic rings. The molecule has 9 nitrogen and oxygen atoms in total. The summed E-state index contributed by atoms with van der Waals surface area (Å²) in [5, 5.41) is 16.8. The number of carbonyl (C=O) groups is 1. The molecular formula is C18H19FN6O3. The Bertz CT molecular complexity index is 945. The molecule has 0 fully saturated rings. The van der Waals surface area contributed by atoms with Gasteiger partial charge < -0.3 is 20.1 Å². The van der Waals surface area contributed by atoms with Crippen LogP contribution in [-0.2, 0) is 13.1 Å². The molecule has 28 heavy (non-hydrogen) atoms. The number of nitrogens with one attached hydrogen (secondary N) is 2. The fourth-order valence-electron chi connectivity index (χ4n) is 2.49. The number of amides is 2. The van der Waals surface area contributed by atoms with Crippen molar-refractivity contribution < 1.29 is 18.7 Å². The Morgan fingerprint density at radius 1 is 1.04 bits per heavy atom. The number of halogens is 1. The zero-order chi connectivity index (χ0) is 19.9. The van der Waals surface area contributed by atoms with Gasteiger partial charge in [0.25, 0.3) is 0 Å². The van der Waals surface area contributed by atoms with Crippen molar-refractivity contribution in [2.45, 2.75) is 13.1 Å². The maximum absolute atomic E-state index is 13.1. The predicted molar refractivity (Wildman–Crippen MR) is 97.7 cm³/mol. The minimum absolute atomic E-state index is 0.0993. The molecule has 10 heteroatoms. The van der Waals surface area contributed by atoms with Crippen LogP contribution in [0.3, 0.4) is 0 Å². The topological polar surface area (TPSA) is 103 Å². The molecule has 1 heterocycles. The zero-order valence-electron chi connectivity index (χ0n) is 15.3. The summed E-state index contributed by atoms with van der Waals surface area (Å²) in [6, 6.07) is 10.7. The third-order valence-corrected chi connectivity index (χ3v) is 3.91. The van der Waals surface area contributed by atoms with Gasteiger partial charge in [0, 0.05) is 6.54 Å². The highest BCUT2D eigenvalue weighted by molar-refractivity contribution is 5.73. The highest BCUT2D eigenvalue weighted by Crippen LogP contribution is 2.27. The minimum atomic E-state index is -0.386. The number of methoxy groups -OCH3 is 2. The van der Waals surface area contributed by atoms with E-state index >= 15 is 0 Å². The fraction of sp³-hybridized carbons (Fsp3) is 0.222. The molecule has 0 atom stereocenters. The fourth-order valence-corrected chi connectivity index (χ4v) is 2.49. The molecule has 1 aromatic heterocycles. The summed E-state index contributed by atoms with van der Waals surface area (Å²) in [6.45, 7) is 0.400. The van der Waals surface area contributed by atoms with Crippen molar-refractivity contribution >= 4 is 6.03 Å². The number of ether oxygens (including phenoxy) is 2. The Morgan fingerprint density at radius 2 is 1.75 bits per heavy atom. The molecule has 2 aromatic carbocycles. The van der Waals surface area contributed by atoms with Crippen LogP contribution in [0.2, 0.25) is 0 Å². The highest BCUT2D eigenvalue weighted by Gasteiger charge is 2.10. The van der Waals surface area contributed by atoms with E-state index < -0.39 is 0 Å². The van der Waals surface area contributed by atoms with E-state index in [0.29, 0.717) is 29.6 Å². The second kappa shape index (κ2) is 8.80. The van der Waals surface area contributed by atoms with Crippen molar-refractivity contribution in [3.8, 4) is 17.2 Å². The summed E-state index contributed by atoms with van der Waals surface area (Å²) in [7, 11) is 3.11. The van der Waals surface area contributed by atoms with E-state index in [-0.39, 0.29) is 18.4 Å². The number of hydrogen-bond donors (Lipinski definition) is 2. The summed E-state index contributed by atoms with van der Waals surface area (Å²) >= 11 is 0. The molecule has 2 N–H and O–H groups in total. The SMILES string of the molecule is COc1ccc(CNC(=O)NCc2nnnn2-c2ccc(F)cc2)cc1OC. The van der Waals surface area contributed by atoms with Gasteiger partial charge in [-0.25, -0.2) is 9.18 Å². The molecule has 0 aliphatic rings. The van der Waals surface area contributed by atoms with Gasteiger partial charge in [-0.15, -0.1) is 5.10 Å². The lowest BCUT2D eigenvalue weighted by Crippen LogP contribution is -2.35. The maximum Gasteiger partial charge on any atom is 0.315 e. The van der Waals surface area contributed by atoms with Crippen LogP contribution in [-0.4, -0.2) is 40.5 Å². The number of tetrazole rings is 1. The average Bonchev–Trinajstić information content (AvgIpc) is 3.19. The first-order valence-electron chi connectivity index (χ1n) is 8.36. The van der Waals surface area contributed by atoms with Crippen LogP contribution in [0.4, 0.5) is 9.18 Å². The first-order chi connectivity index (χ1) is 13.6.